The Labute approximate surface area is 135 Å². The molecule has 2 atom stereocenters. The second-order valence-corrected chi connectivity index (χ2v) is 6.35. The first-order chi connectivity index (χ1) is 10.7. The van der Waals surface area contributed by atoms with Crippen LogP contribution in [-0.4, -0.2) is 24.5 Å². The maximum atomic E-state index is 13.1. The Morgan fingerprint density at radius 2 is 1.91 bits per heavy atom. The largest absolute Gasteiger partial charge is 0.330 e. The SMILES string of the molecule is NC[C@@H]1CN(Cc2ccc(F)cc2Cl)C[C@H]1c1ccccc1. The third kappa shape index (κ3) is 3.32. The van der Waals surface area contributed by atoms with Crippen molar-refractivity contribution < 1.29 is 4.39 Å². The molecule has 2 N–H and O–H groups in total. The molecule has 0 bridgehead atoms. The van der Waals surface area contributed by atoms with Gasteiger partial charge in [0.2, 0.25) is 0 Å². The lowest BCUT2D eigenvalue weighted by molar-refractivity contribution is 0.317. The molecule has 1 heterocycles. The van der Waals surface area contributed by atoms with Gasteiger partial charge in [-0.05, 0) is 35.7 Å². The molecule has 4 heteroatoms. The van der Waals surface area contributed by atoms with Crippen molar-refractivity contribution in [1.82, 2.24) is 4.90 Å². The number of nitrogens with two attached hydrogens (primary N) is 1. The van der Waals surface area contributed by atoms with Gasteiger partial charge in [0.1, 0.15) is 5.82 Å². The van der Waals surface area contributed by atoms with Crippen molar-refractivity contribution in [3.05, 3.63) is 70.5 Å². The Morgan fingerprint density at radius 3 is 2.59 bits per heavy atom. The molecule has 0 aromatic heterocycles. The van der Waals surface area contributed by atoms with Crippen LogP contribution < -0.4 is 5.73 Å². The summed E-state index contributed by atoms with van der Waals surface area (Å²) >= 11 is 6.14. The fourth-order valence-electron chi connectivity index (χ4n) is 3.30. The molecular weight excluding hydrogens is 299 g/mol. The Morgan fingerprint density at radius 1 is 1.14 bits per heavy atom. The summed E-state index contributed by atoms with van der Waals surface area (Å²) < 4.78 is 13.1. The van der Waals surface area contributed by atoms with Gasteiger partial charge < -0.3 is 5.73 Å². The van der Waals surface area contributed by atoms with Crippen LogP contribution in [0.25, 0.3) is 0 Å². The number of hydrogen-bond acceptors (Lipinski definition) is 2. The molecule has 1 saturated heterocycles. The van der Waals surface area contributed by atoms with Gasteiger partial charge in [0.25, 0.3) is 0 Å². The van der Waals surface area contributed by atoms with Crippen LogP contribution in [0.2, 0.25) is 5.02 Å². The average molecular weight is 319 g/mol. The maximum absolute atomic E-state index is 13.1. The number of hydrogen-bond donors (Lipinski definition) is 1. The summed E-state index contributed by atoms with van der Waals surface area (Å²) in [6, 6.07) is 15.1. The number of likely N-dealkylation sites (tertiary alicyclic amines) is 1. The van der Waals surface area contributed by atoms with Crippen molar-refractivity contribution in [1.29, 1.82) is 0 Å². The van der Waals surface area contributed by atoms with Crippen LogP contribution in [0.1, 0.15) is 17.0 Å². The fraction of sp³-hybridized carbons (Fsp3) is 0.333. The van der Waals surface area contributed by atoms with Gasteiger partial charge in [-0.15, -0.1) is 0 Å². The lowest BCUT2D eigenvalue weighted by atomic mass is 9.89. The summed E-state index contributed by atoms with van der Waals surface area (Å²) in [6.45, 7) is 3.31. The highest BCUT2D eigenvalue weighted by Gasteiger charge is 2.32. The Bertz CT molecular complexity index is 632. The van der Waals surface area contributed by atoms with Crippen molar-refractivity contribution >= 4 is 11.6 Å². The van der Waals surface area contributed by atoms with E-state index in [1.54, 1.807) is 6.07 Å². The molecule has 0 saturated carbocycles. The number of nitrogens with zero attached hydrogens (tertiary/aromatic N) is 1. The van der Waals surface area contributed by atoms with Gasteiger partial charge in [-0.3, -0.25) is 4.90 Å². The highest BCUT2D eigenvalue weighted by Crippen LogP contribution is 2.33. The van der Waals surface area contributed by atoms with Gasteiger partial charge in [0.05, 0.1) is 0 Å². The Kier molecular flexibility index (Phi) is 4.77. The summed E-state index contributed by atoms with van der Waals surface area (Å²) in [6.07, 6.45) is 0. The summed E-state index contributed by atoms with van der Waals surface area (Å²) in [5.74, 6) is 0.601. The normalized spacial score (nSPS) is 22.1. The van der Waals surface area contributed by atoms with E-state index in [1.165, 1.54) is 17.7 Å². The first-order valence-corrected chi connectivity index (χ1v) is 7.96. The van der Waals surface area contributed by atoms with E-state index in [9.17, 15) is 4.39 Å². The summed E-state index contributed by atoms with van der Waals surface area (Å²) in [4.78, 5) is 2.36. The fourth-order valence-corrected chi connectivity index (χ4v) is 3.52. The highest BCUT2D eigenvalue weighted by molar-refractivity contribution is 6.31. The molecule has 2 aromatic carbocycles. The number of benzene rings is 2. The molecule has 0 unspecified atom stereocenters. The topological polar surface area (TPSA) is 29.3 Å². The molecule has 0 radical (unpaired) electrons. The van der Waals surface area contributed by atoms with E-state index < -0.39 is 0 Å². The maximum Gasteiger partial charge on any atom is 0.124 e. The van der Waals surface area contributed by atoms with Gasteiger partial charge in [0.15, 0.2) is 0 Å². The first-order valence-electron chi connectivity index (χ1n) is 7.58. The second-order valence-electron chi connectivity index (χ2n) is 5.94. The molecule has 0 aliphatic carbocycles. The average Bonchev–Trinajstić information content (AvgIpc) is 2.94. The molecule has 2 aromatic rings. The van der Waals surface area contributed by atoms with Crippen molar-refractivity contribution in [3.63, 3.8) is 0 Å². The smallest absolute Gasteiger partial charge is 0.124 e. The predicted octanol–water partition coefficient (Wildman–Crippen LogP) is 3.65. The molecule has 1 fully saturated rings. The van der Waals surface area contributed by atoms with E-state index in [4.69, 9.17) is 17.3 Å². The van der Waals surface area contributed by atoms with Crippen LogP contribution in [0.15, 0.2) is 48.5 Å². The molecule has 2 nitrogen and oxygen atoms in total. The van der Waals surface area contributed by atoms with E-state index in [-0.39, 0.29) is 5.82 Å². The van der Waals surface area contributed by atoms with Crippen LogP contribution in [0.5, 0.6) is 0 Å². The standard InChI is InChI=1S/C18H20ClFN2/c19-18-8-16(20)7-6-14(18)10-22-11-15(9-21)17(12-22)13-4-2-1-3-5-13/h1-8,15,17H,9-12,21H2/t15-,17+/m1/s1. The van der Waals surface area contributed by atoms with Crippen LogP contribution >= 0.6 is 11.6 Å². The molecule has 1 aliphatic heterocycles. The van der Waals surface area contributed by atoms with Crippen LogP contribution in [0, 0.1) is 11.7 Å². The zero-order chi connectivity index (χ0) is 15.5. The lowest BCUT2D eigenvalue weighted by Gasteiger charge is -2.17. The molecule has 0 spiro atoms. The highest BCUT2D eigenvalue weighted by atomic mass is 35.5. The van der Waals surface area contributed by atoms with Crippen LogP contribution in [0.4, 0.5) is 4.39 Å². The molecule has 3 rings (SSSR count). The number of halogens is 2. The van der Waals surface area contributed by atoms with Gasteiger partial charge >= 0.3 is 0 Å². The van der Waals surface area contributed by atoms with E-state index in [2.05, 4.69) is 29.2 Å². The van der Waals surface area contributed by atoms with Gasteiger partial charge in [0, 0.05) is 30.6 Å². The molecule has 22 heavy (non-hydrogen) atoms. The Hall–Kier alpha value is -1.42. The van der Waals surface area contributed by atoms with E-state index in [1.807, 2.05) is 6.07 Å². The molecular formula is C18H20ClFN2. The number of rotatable bonds is 4. The third-order valence-electron chi connectivity index (χ3n) is 4.46. The molecule has 0 amide bonds. The first kappa shape index (κ1) is 15.5. The van der Waals surface area contributed by atoms with Crippen molar-refractivity contribution in [2.45, 2.75) is 12.5 Å². The second kappa shape index (κ2) is 6.78. The van der Waals surface area contributed by atoms with Crippen molar-refractivity contribution in [2.24, 2.45) is 11.7 Å². The monoisotopic (exact) mass is 318 g/mol. The van der Waals surface area contributed by atoms with Crippen molar-refractivity contribution in [2.75, 3.05) is 19.6 Å². The summed E-state index contributed by atoms with van der Waals surface area (Å²) in [5, 5.41) is 0.493. The molecule has 1 aliphatic rings. The van der Waals surface area contributed by atoms with E-state index >= 15 is 0 Å². The zero-order valence-electron chi connectivity index (χ0n) is 12.4. The van der Waals surface area contributed by atoms with Gasteiger partial charge in [-0.1, -0.05) is 48.0 Å². The predicted molar refractivity (Wildman–Crippen MR) is 88.4 cm³/mol. The minimum absolute atomic E-state index is 0.294. The Balaban J connectivity index is 1.74. The quantitative estimate of drug-likeness (QED) is 0.932. The van der Waals surface area contributed by atoms with Crippen LogP contribution in [0.3, 0.4) is 0 Å². The minimum atomic E-state index is -0.294. The summed E-state index contributed by atoms with van der Waals surface area (Å²) in [7, 11) is 0. The minimum Gasteiger partial charge on any atom is -0.330 e. The van der Waals surface area contributed by atoms with Gasteiger partial charge in [-0.25, -0.2) is 4.39 Å². The van der Waals surface area contributed by atoms with E-state index in [0.29, 0.717) is 23.4 Å². The van der Waals surface area contributed by atoms with Crippen LogP contribution in [-0.2, 0) is 6.54 Å². The lowest BCUT2D eigenvalue weighted by Crippen LogP contribution is -2.23. The third-order valence-corrected chi connectivity index (χ3v) is 4.81. The van der Waals surface area contributed by atoms with E-state index in [0.717, 1.165) is 25.2 Å². The molecule has 116 valence electrons. The summed E-state index contributed by atoms with van der Waals surface area (Å²) in [5.41, 5.74) is 8.27. The zero-order valence-corrected chi connectivity index (χ0v) is 13.1. The van der Waals surface area contributed by atoms with Gasteiger partial charge in [-0.2, -0.15) is 0 Å². The van der Waals surface area contributed by atoms with Crippen molar-refractivity contribution in [3.8, 4) is 0 Å².